The Hall–Kier alpha value is -1.68. The zero-order valence-electron chi connectivity index (χ0n) is 17.6. The molecular weight excluding hydrogens is 406 g/mol. The van der Waals surface area contributed by atoms with Crippen LogP contribution in [0.15, 0.2) is 23.1 Å². The Balaban J connectivity index is 1.70. The van der Waals surface area contributed by atoms with E-state index in [4.69, 9.17) is 9.47 Å². The number of piperidine rings is 1. The van der Waals surface area contributed by atoms with E-state index < -0.39 is 10.0 Å². The van der Waals surface area contributed by atoms with E-state index in [1.165, 1.54) is 4.31 Å². The highest BCUT2D eigenvalue weighted by atomic mass is 32.2. The maximum absolute atomic E-state index is 13.5. The van der Waals surface area contributed by atoms with E-state index in [9.17, 15) is 13.2 Å². The summed E-state index contributed by atoms with van der Waals surface area (Å²) in [6.45, 7) is 7.60. The molecule has 1 aromatic carbocycles. The molecule has 1 unspecified atom stereocenters. The van der Waals surface area contributed by atoms with Crippen LogP contribution in [-0.4, -0.2) is 89.2 Å². The van der Waals surface area contributed by atoms with Gasteiger partial charge in [-0.2, -0.15) is 4.31 Å². The SMILES string of the molecule is CC1CCCN(C(=O)c2cc(S(=O)(=O)N3CCOCC3)ccc2N2CCOCC2)C1. The van der Waals surface area contributed by atoms with Gasteiger partial charge in [0.2, 0.25) is 10.0 Å². The molecule has 3 aliphatic rings. The lowest BCUT2D eigenvalue weighted by Gasteiger charge is -2.34. The van der Waals surface area contributed by atoms with Crippen molar-refractivity contribution in [2.75, 3.05) is 70.6 Å². The molecular formula is C21H31N3O5S. The Morgan fingerprint density at radius 3 is 2.33 bits per heavy atom. The Kier molecular flexibility index (Phi) is 6.62. The lowest BCUT2D eigenvalue weighted by atomic mass is 9.99. The van der Waals surface area contributed by atoms with Gasteiger partial charge in [0.25, 0.3) is 5.91 Å². The zero-order valence-corrected chi connectivity index (χ0v) is 18.4. The van der Waals surface area contributed by atoms with E-state index in [1.54, 1.807) is 18.2 Å². The van der Waals surface area contributed by atoms with E-state index in [-0.39, 0.29) is 10.8 Å². The van der Waals surface area contributed by atoms with Gasteiger partial charge in [-0.15, -0.1) is 0 Å². The third kappa shape index (κ3) is 4.49. The van der Waals surface area contributed by atoms with Crippen molar-refractivity contribution in [1.29, 1.82) is 0 Å². The second kappa shape index (κ2) is 9.21. The molecule has 3 heterocycles. The molecule has 30 heavy (non-hydrogen) atoms. The van der Waals surface area contributed by atoms with Gasteiger partial charge in [-0.3, -0.25) is 4.79 Å². The van der Waals surface area contributed by atoms with E-state index in [1.807, 2.05) is 4.90 Å². The van der Waals surface area contributed by atoms with Crippen molar-refractivity contribution in [3.63, 3.8) is 0 Å². The number of hydrogen-bond acceptors (Lipinski definition) is 6. The normalized spacial score (nSPS) is 24.1. The predicted octanol–water partition coefficient (Wildman–Crippen LogP) is 1.42. The quantitative estimate of drug-likeness (QED) is 0.709. The molecule has 3 aliphatic heterocycles. The van der Waals surface area contributed by atoms with Gasteiger partial charge >= 0.3 is 0 Å². The molecule has 0 spiro atoms. The third-order valence-corrected chi connectivity index (χ3v) is 8.00. The van der Waals surface area contributed by atoms with Gasteiger partial charge in [0, 0.05) is 45.0 Å². The Bertz CT molecular complexity index is 863. The minimum absolute atomic E-state index is 0.0814. The number of carbonyl (C=O) groups is 1. The summed E-state index contributed by atoms with van der Waals surface area (Å²) < 4.78 is 38.6. The van der Waals surface area contributed by atoms with E-state index in [0.717, 1.165) is 18.5 Å². The number of anilines is 1. The number of sulfonamides is 1. The largest absolute Gasteiger partial charge is 0.379 e. The molecule has 8 nitrogen and oxygen atoms in total. The fourth-order valence-electron chi connectivity index (χ4n) is 4.41. The molecule has 1 atom stereocenters. The predicted molar refractivity (Wildman–Crippen MR) is 113 cm³/mol. The van der Waals surface area contributed by atoms with Crippen molar-refractivity contribution in [2.45, 2.75) is 24.7 Å². The number of benzene rings is 1. The molecule has 1 aromatic rings. The van der Waals surface area contributed by atoms with E-state index in [0.29, 0.717) is 77.2 Å². The third-order valence-electron chi connectivity index (χ3n) is 6.10. The molecule has 4 rings (SSSR count). The molecule has 3 fully saturated rings. The summed E-state index contributed by atoms with van der Waals surface area (Å²) in [4.78, 5) is 17.7. The lowest BCUT2D eigenvalue weighted by molar-refractivity contribution is 0.0682. The first-order valence-electron chi connectivity index (χ1n) is 10.8. The second-order valence-corrected chi connectivity index (χ2v) is 10.2. The van der Waals surface area contributed by atoms with Crippen molar-refractivity contribution in [3.05, 3.63) is 23.8 Å². The summed E-state index contributed by atoms with van der Waals surface area (Å²) in [7, 11) is -3.67. The first-order valence-corrected chi connectivity index (χ1v) is 12.2. The first kappa shape index (κ1) is 21.5. The maximum Gasteiger partial charge on any atom is 0.256 e. The average Bonchev–Trinajstić information content (AvgIpc) is 2.79. The summed E-state index contributed by atoms with van der Waals surface area (Å²) in [5.74, 6) is 0.372. The first-order chi connectivity index (χ1) is 14.5. The highest BCUT2D eigenvalue weighted by molar-refractivity contribution is 7.89. The van der Waals surface area contributed by atoms with Crippen LogP contribution in [0.3, 0.4) is 0 Å². The van der Waals surface area contributed by atoms with Crippen LogP contribution in [0.2, 0.25) is 0 Å². The van der Waals surface area contributed by atoms with Crippen LogP contribution in [0.5, 0.6) is 0 Å². The summed E-state index contributed by atoms with van der Waals surface area (Å²) in [5, 5.41) is 0. The van der Waals surface area contributed by atoms with Crippen LogP contribution in [0, 0.1) is 5.92 Å². The molecule has 0 N–H and O–H groups in total. The summed E-state index contributed by atoms with van der Waals surface area (Å²) >= 11 is 0. The van der Waals surface area contributed by atoms with E-state index >= 15 is 0 Å². The number of nitrogens with zero attached hydrogens (tertiary/aromatic N) is 3. The number of rotatable bonds is 4. The summed E-state index contributed by atoms with van der Waals surface area (Å²) in [5.41, 5.74) is 1.27. The highest BCUT2D eigenvalue weighted by Gasteiger charge is 2.31. The highest BCUT2D eigenvalue weighted by Crippen LogP contribution is 2.29. The van der Waals surface area contributed by atoms with Gasteiger partial charge in [-0.25, -0.2) is 8.42 Å². The molecule has 0 aliphatic carbocycles. The number of morpholine rings is 2. The number of carbonyl (C=O) groups excluding carboxylic acids is 1. The molecule has 0 saturated carbocycles. The minimum atomic E-state index is -3.67. The van der Waals surface area contributed by atoms with Gasteiger partial charge in [0.05, 0.1) is 36.9 Å². The molecule has 166 valence electrons. The fraction of sp³-hybridized carbons (Fsp3) is 0.667. The monoisotopic (exact) mass is 437 g/mol. The Labute approximate surface area is 178 Å². The van der Waals surface area contributed by atoms with Gasteiger partial charge in [-0.05, 0) is 37.0 Å². The topological polar surface area (TPSA) is 79.4 Å². The Morgan fingerprint density at radius 2 is 1.67 bits per heavy atom. The molecule has 1 amide bonds. The fourth-order valence-corrected chi connectivity index (χ4v) is 5.84. The lowest BCUT2D eigenvalue weighted by Crippen LogP contribution is -2.42. The summed E-state index contributed by atoms with van der Waals surface area (Å²) in [6.07, 6.45) is 2.09. The molecule has 0 bridgehead atoms. The minimum Gasteiger partial charge on any atom is -0.379 e. The van der Waals surface area contributed by atoms with Crippen LogP contribution in [0.1, 0.15) is 30.1 Å². The Morgan fingerprint density at radius 1 is 1.00 bits per heavy atom. The molecule has 0 radical (unpaired) electrons. The van der Waals surface area contributed by atoms with Crippen LogP contribution in [0.4, 0.5) is 5.69 Å². The number of likely N-dealkylation sites (tertiary alicyclic amines) is 1. The average molecular weight is 438 g/mol. The molecule has 9 heteroatoms. The van der Waals surface area contributed by atoms with Crippen molar-refractivity contribution in [1.82, 2.24) is 9.21 Å². The summed E-state index contributed by atoms with van der Waals surface area (Å²) in [6, 6.07) is 5.00. The van der Waals surface area contributed by atoms with Gasteiger partial charge in [-0.1, -0.05) is 6.92 Å². The van der Waals surface area contributed by atoms with E-state index in [2.05, 4.69) is 11.8 Å². The maximum atomic E-state index is 13.5. The van der Waals surface area contributed by atoms with Gasteiger partial charge in [0.15, 0.2) is 0 Å². The molecule has 3 saturated heterocycles. The van der Waals surface area contributed by atoms with Crippen LogP contribution < -0.4 is 4.90 Å². The van der Waals surface area contributed by atoms with Crippen LogP contribution >= 0.6 is 0 Å². The van der Waals surface area contributed by atoms with Crippen molar-refractivity contribution < 1.29 is 22.7 Å². The zero-order chi connectivity index (χ0) is 21.1. The smallest absolute Gasteiger partial charge is 0.256 e. The standard InChI is InChI=1S/C21H31N3O5S/c1-17-3-2-6-23(16-17)21(25)19-15-18(30(26,27)24-9-13-29-14-10-24)4-5-20(19)22-7-11-28-12-8-22/h4-5,15,17H,2-3,6-14,16H2,1H3. The number of ether oxygens (including phenoxy) is 2. The van der Waals surface area contributed by atoms with Crippen molar-refractivity contribution >= 4 is 21.6 Å². The number of amides is 1. The van der Waals surface area contributed by atoms with Crippen LogP contribution in [0.25, 0.3) is 0 Å². The van der Waals surface area contributed by atoms with Gasteiger partial charge in [0.1, 0.15) is 0 Å². The van der Waals surface area contributed by atoms with Crippen molar-refractivity contribution in [3.8, 4) is 0 Å². The van der Waals surface area contributed by atoms with Crippen molar-refractivity contribution in [2.24, 2.45) is 5.92 Å². The number of hydrogen-bond donors (Lipinski definition) is 0. The second-order valence-electron chi connectivity index (χ2n) is 8.29. The van der Waals surface area contributed by atoms with Gasteiger partial charge < -0.3 is 19.3 Å². The molecule has 0 aromatic heterocycles. The van der Waals surface area contributed by atoms with Crippen LogP contribution in [-0.2, 0) is 19.5 Å².